The summed E-state index contributed by atoms with van der Waals surface area (Å²) < 4.78 is 26.4. The lowest BCUT2D eigenvalue weighted by Gasteiger charge is -2.18. The highest BCUT2D eigenvalue weighted by molar-refractivity contribution is 7.98. The van der Waals surface area contributed by atoms with Crippen molar-refractivity contribution in [1.82, 2.24) is 9.62 Å². The van der Waals surface area contributed by atoms with Crippen LogP contribution in [0, 0.1) is 0 Å². The molecule has 0 radical (unpaired) electrons. The van der Waals surface area contributed by atoms with E-state index in [1.807, 2.05) is 32.0 Å². The molecule has 0 aliphatic rings. The first kappa shape index (κ1) is 23.2. The summed E-state index contributed by atoms with van der Waals surface area (Å²) in [6.07, 6.45) is 3.15. The van der Waals surface area contributed by atoms with Gasteiger partial charge in [0.25, 0.3) is 0 Å². The molecule has 2 rings (SSSR count). The SMILES string of the molecule is CCN(CC)S(=O)(=O)c1ccc(/C=C/C(=O)NCCSCc2ccccc2)cc1. The molecule has 0 fully saturated rings. The lowest BCUT2D eigenvalue weighted by Crippen LogP contribution is -2.30. The Hall–Kier alpha value is -2.09. The minimum absolute atomic E-state index is 0.162. The van der Waals surface area contributed by atoms with Crippen LogP contribution in [-0.2, 0) is 20.6 Å². The molecule has 1 N–H and O–H groups in total. The van der Waals surface area contributed by atoms with Gasteiger partial charge in [0.05, 0.1) is 4.90 Å². The van der Waals surface area contributed by atoms with E-state index < -0.39 is 10.0 Å². The van der Waals surface area contributed by atoms with E-state index in [0.717, 1.165) is 17.1 Å². The molecule has 0 bridgehead atoms. The normalized spacial score (nSPS) is 11.8. The number of sulfonamides is 1. The van der Waals surface area contributed by atoms with E-state index in [1.165, 1.54) is 15.9 Å². The molecule has 1 amide bonds. The van der Waals surface area contributed by atoms with Crippen molar-refractivity contribution in [2.45, 2.75) is 24.5 Å². The number of rotatable bonds is 11. The number of benzene rings is 2. The molecular weight excluding hydrogens is 404 g/mol. The van der Waals surface area contributed by atoms with Gasteiger partial charge >= 0.3 is 0 Å². The van der Waals surface area contributed by atoms with Gasteiger partial charge < -0.3 is 5.32 Å². The summed E-state index contributed by atoms with van der Waals surface area (Å²) in [4.78, 5) is 12.2. The Balaban J connectivity index is 1.78. The van der Waals surface area contributed by atoms with Crippen LogP contribution in [-0.4, -0.2) is 44.0 Å². The predicted molar refractivity (Wildman–Crippen MR) is 121 cm³/mol. The van der Waals surface area contributed by atoms with Crippen molar-refractivity contribution >= 4 is 33.8 Å². The smallest absolute Gasteiger partial charge is 0.244 e. The van der Waals surface area contributed by atoms with Crippen molar-refractivity contribution < 1.29 is 13.2 Å². The first-order valence-electron chi connectivity index (χ1n) is 9.65. The van der Waals surface area contributed by atoms with Crippen LogP contribution >= 0.6 is 11.8 Å². The molecular formula is C22H28N2O3S2. The fourth-order valence-corrected chi connectivity index (χ4v) is 4.98. The molecule has 0 saturated carbocycles. The minimum Gasteiger partial charge on any atom is -0.352 e. The number of nitrogens with zero attached hydrogens (tertiary/aromatic N) is 1. The van der Waals surface area contributed by atoms with Crippen LogP contribution in [0.1, 0.15) is 25.0 Å². The molecule has 0 heterocycles. The van der Waals surface area contributed by atoms with Crippen molar-refractivity contribution in [1.29, 1.82) is 0 Å². The summed E-state index contributed by atoms with van der Waals surface area (Å²) in [7, 11) is -3.46. The highest BCUT2D eigenvalue weighted by atomic mass is 32.2. The van der Waals surface area contributed by atoms with Crippen molar-refractivity contribution in [3.8, 4) is 0 Å². The predicted octanol–water partition coefficient (Wildman–Crippen LogP) is 3.78. The van der Waals surface area contributed by atoms with Crippen molar-refractivity contribution in [2.24, 2.45) is 0 Å². The van der Waals surface area contributed by atoms with Crippen LogP contribution < -0.4 is 5.32 Å². The molecule has 2 aromatic rings. The van der Waals surface area contributed by atoms with E-state index in [-0.39, 0.29) is 10.8 Å². The molecule has 0 atom stereocenters. The van der Waals surface area contributed by atoms with E-state index >= 15 is 0 Å². The van der Waals surface area contributed by atoms with Gasteiger partial charge in [-0.15, -0.1) is 0 Å². The van der Waals surface area contributed by atoms with Crippen molar-refractivity contribution in [2.75, 3.05) is 25.4 Å². The van der Waals surface area contributed by atoms with Gasteiger partial charge in [0, 0.05) is 37.2 Å². The summed E-state index contributed by atoms with van der Waals surface area (Å²) >= 11 is 1.77. The largest absolute Gasteiger partial charge is 0.352 e. The molecule has 0 unspecified atom stereocenters. The van der Waals surface area contributed by atoms with E-state index in [4.69, 9.17) is 0 Å². The van der Waals surface area contributed by atoms with Crippen LogP contribution in [0.2, 0.25) is 0 Å². The first-order valence-corrected chi connectivity index (χ1v) is 12.2. The van der Waals surface area contributed by atoms with Gasteiger partial charge in [0.15, 0.2) is 0 Å². The van der Waals surface area contributed by atoms with Crippen molar-refractivity contribution in [3.63, 3.8) is 0 Å². The molecule has 2 aromatic carbocycles. The van der Waals surface area contributed by atoms with Crippen LogP contribution in [0.3, 0.4) is 0 Å². The maximum atomic E-state index is 12.5. The Morgan fingerprint density at radius 3 is 2.31 bits per heavy atom. The molecule has 0 spiro atoms. The lowest BCUT2D eigenvalue weighted by atomic mass is 10.2. The van der Waals surface area contributed by atoms with Crippen LogP contribution in [0.4, 0.5) is 0 Å². The molecule has 0 saturated heterocycles. The maximum absolute atomic E-state index is 12.5. The Kier molecular flexibility index (Phi) is 9.44. The Morgan fingerprint density at radius 1 is 1.03 bits per heavy atom. The standard InChI is InChI=1S/C22H28N2O3S2/c1-3-24(4-2)29(26,27)21-13-10-19(11-14-21)12-15-22(25)23-16-17-28-18-20-8-6-5-7-9-20/h5-15H,3-4,16-18H2,1-2H3,(H,23,25)/b15-12+. The topological polar surface area (TPSA) is 66.5 Å². The fourth-order valence-electron chi connectivity index (χ4n) is 2.70. The second-order valence-electron chi connectivity index (χ2n) is 6.32. The highest BCUT2D eigenvalue weighted by Crippen LogP contribution is 2.16. The lowest BCUT2D eigenvalue weighted by molar-refractivity contribution is -0.116. The Bertz CT molecular complexity index is 891. The minimum atomic E-state index is -3.46. The van der Waals surface area contributed by atoms with Gasteiger partial charge in [-0.25, -0.2) is 8.42 Å². The molecule has 7 heteroatoms. The van der Waals surface area contributed by atoms with Gasteiger partial charge in [-0.2, -0.15) is 16.1 Å². The molecule has 156 valence electrons. The van der Waals surface area contributed by atoms with Gasteiger partial charge in [-0.05, 0) is 29.3 Å². The van der Waals surface area contributed by atoms with Crippen LogP contribution in [0.25, 0.3) is 6.08 Å². The van der Waals surface area contributed by atoms with Gasteiger partial charge in [0.2, 0.25) is 15.9 Å². The monoisotopic (exact) mass is 432 g/mol. The zero-order valence-electron chi connectivity index (χ0n) is 16.9. The number of nitrogens with one attached hydrogen (secondary N) is 1. The number of carbonyl (C=O) groups excluding carboxylic acids is 1. The number of hydrogen-bond donors (Lipinski definition) is 1. The Morgan fingerprint density at radius 2 is 1.69 bits per heavy atom. The van der Waals surface area contributed by atoms with E-state index in [2.05, 4.69) is 17.4 Å². The molecule has 0 aromatic heterocycles. The Labute approximate surface area is 178 Å². The first-order chi connectivity index (χ1) is 14.0. The number of amides is 1. The average molecular weight is 433 g/mol. The molecule has 29 heavy (non-hydrogen) atoms. The van der Waals surface area contributed by atoms with E-state index in [1.54, 1.807) is 42.1 Å². The average Bonchev–Trinajstić information content (AvgIpc) is 2.74. The van der Waals surface area contributed by atoms with Crippen molar-refractivity contribution in [3.05, 3.63) is 71.8 Å². The molecule has 5 nitrogen and oxygen atoms in total. The fraction of sp³-hybridized carbons (Fsp3) is 0.318. The second-order valence-corrected chi connectivity index (χ2v) is 9.36. The van der Waals surface area contributed by atoms with Crippen LogP contribution in [0.5, 0.6) is 0 Å². The maximum Gasteiger partial charge on any atom is 0.244 e. The second kappa shape index (κ2) is 11.8. The molecule has 0 aliphatic carbocycles. The number of hydrogen-bond acceptors (Lipinski definition) is 4. The third kappa shape index (κ3) is 7.34. The van der Waals surface area contributed by atoms with Crippen LogP contribution in [0.15, 0.2) is 65.6 Å². The van der Waals surface area contributed by atoms with E-state index in [9.17, 15) is 13.2 Å². The summed E-state index contributed by atoms with van der Waals surface area (Å²) in [6.45, 7) is 5.10. The number of carbonyl (C=O) groups is 1. The summed E-state index contributed by atoms with van der Waals surface area (Å²) in [5.41, 5.74) is 2.05. The third-order valence-electron chi connectivity index (χ3n) is 4.31. The third-order valence-corrected chi connectivity index (χ3v) is 7.40. The molecule has 0 aliphatic heterocycles. The zero-order valence-corrected chi connectivity index (χ0v) is 18.5. The van der Waals surface area contributed by atoms with Gasteiger partial charge in [0.1, 0.15) is 0 Å². The summed E-state index contributed by atoms with van der Waals surface area (Å²) in [6, 6.07) is 16.8. The zero-order chi connectivity index (χ0) is 21.1. The summed E-state index contributed by atoms with van der Waals surface area (Å²) in [5.74, 6) is 1.60. The van der Waals surface area contributed by atoms with Gasteiger partial charge in [-0.1, -0.05) is 56.3 Å². The van der Waals surface area contributed by atoms with Gasteiger partial charge in [-0.3, -0.25) is 4.79 Å². The van der Waals surface area contributed by atoms with E-state index in [0.29, 0.717) is 19.6 Å². The highest BCUT2D eigenvalue weighted by Gasteiger charge is 2.20. The summed E-state index contributed by atoms with van der Waals surface area (Å²) in [5, 5.41) is 2.86. The quantitative estimate of drug-likeness (QED) is 0.433. The number of thioether (sulfide) groups is 1.